The van der Waals surface area contributed by atoms with Crippen molar-refractivity contribution in [2.75, 3.05) is 24.7 Å². The molecule has 8 heteroatoms. The summed E-state index contributed by atoms with van der Waals surface area (Å²) in [5.74, 6) is -0.601. The molecule has 0 radical (unpaired) electrons. The predicted molar refractivity (Wildman–Crippen MR) is 79.5 cm³/mol. The van der Waals surface area contributed by atoms with E-state index < -0.39 is 11.6 Å². The molecule has 3 aromatic rings. The summed E-state index contributed by atoms with van der Waals surface area (Å²) in [6.45, 7) is -0.0294. The fraction of sp³-hybridized carbons (Fsp3) is 0.214. The number of nitrogens with zero attached hydrogens (tertiary/aromatic N) is 5. The Morgan fingerprint density at radius 2 is 1.86 bits per heavy atom. The summed E-state index contributed by atoms with van der Waals surface area (Å²) in [4.78, 5) is 14.2. The number of imidazole rings is 1. The minimum atomic E-state index is -0.614. The van der Waals surface area contributed by atoms with Crippen LogP contribution in [-0.4, -0.2) is 33.6 Å². The van der Waals surface area contributed by atoms with Gasteiger partial charge >= 0.3 is 0 Å². The Hall–Kier alpha value is -2.77. The van der Waals surface area contributed by atoms with Crippen LogP contribution in [0.1, 0.15) is 5.56 Å². The van der Waals surface area contributed by atoms with E-state index in [1.165, 1.54) is 24.5 Å². The Labute approximate surface area is 125 Å². The number of rotatable bonds is 3. The van der Waals surface area contributed by atoms with E-state index in [9.17, 15) is 8.78 Å². The average molecular weight is 304 g/mol. The van der Waals surface area contributed by atoms with Crippen LogP contribution in [-0.2, 0) is 6.54 Å². The standard InChI is InChI=1S/C14H14F2N6/c1-21(2)12-11-13(20-14(17)19-12)22(7-18-11)6-8-9(15)4-3-5-10(8)16/h3-5,7H,6H2,1-2H3,(H2,17,19,20). The zero-order chi connectivity index (χ0) is 15.9. The Balaban J connectivity index is 2.13. The topological polar surface area (TPSA) is 72.9 Å². The molecule has 2 aromatic heterocycles. The van der Waals surface area contributed by atoms with Crippen molar-refractivity contribution in [3.63, 3.8) is 0 Å². The monoisotopic (exact) mass is 304 g/mol. The molecule has 0 bridgehead atoms. The first-order valence-corrected chi connectivity index (χ1v) is 6.56. The third-order valence-electron chi connectivity index (χ3n) is 3.28. The number of nitrogen functional groups attached to an aromatic ring is 1. The van der Waals surface area contributed by atoms with Gasteiger partial charge in [0.2, 0.25) is 5.95 Å². The van der Waals surface area contributed by atoms with E-state index in [0.29, 0.717) is 17.0 Å². The Bertz CT molecular complexity index is 822. The van der Waals surface area contributed by atoms with Gasteiger partial charge in [-0.3, -0.25) is 0 Å². The number of fused-ring (bicyclic) bond motifs is 1. The molecule has 0 saturated carbocycles. The molecular formula is C14H14F2N6. The van der Waals surface area contributed by atoms with E-state index >= 15 is 0 Å². The van der Waals surface area contributed by atoms with Gasteiger partial charge in [0.25, 0.3) is 0 Å². The lowest BCUT2D eigenvalue weighted by Crippen LogP contribution is -2.13. The van der Waals surface area contributed by atoms with Crippen molar-refractivity contribution in [3.05, 3.63) is 41.7 Å². The highest BCUT2D eigenvalue weighted by molar-refractivity contribution is 5.84. The maximum Gasteiger partial charge on any atom is 0.224 e. The zero-order valence-electron chi connectivity index (χ0n) is 12.1. The van der Waals surface area contributed by atoms with Crippen molar-refractivity contribution in [2.45, 2.75) is 6.54 Å². The lowest BCUT2D eigenvalue weighted by atomic mass is 10.2. The van der Waals surface area contributed by atoms with Crippen LogP contribution < -0.4 is 10.6 Å². The van der Waals surface area contributed by atoms with Gasteiger partial charge in [-0.05, 0) is 12.1 Å². The second kappa shape index (κ2) is 5.21. The van der Waals surface area contributed by atoms with Gasteiger partial charge in [-0.2, -0.15) is 9.97 Å². The molecular weight excluding hydrogens is 290 g/mol. The Morgan fingerprint density at radius 3 is 2.50 bits per heavy atom. The summed E-state index contributed by atoms with van der Waals surface area (Å²) in [5, 5.41) is 0. The van der Waals surface area contributed by atoms with Crippen LogP contribution in [0.4, 0.5) is 20.5 Å². The van der Waals surface area contributed by atoms with Crippen molar-refractivity contribution in [1.29, 1.82) is 0 Å². The fourth-order valence-electron chi connectivity index (χ4n) is 2.23. The van der Waals surface area contributed by atoms with E-state index in [4.69, 9.17) is 5.73 Å². The number of halogens is 2. The molecule has 3 rings (SSSR count). The number of aromatic nitrogens is 4. The summed E-state index contributed by atoms with van der Waals surface area (Å²) in [7, 11) is 3.60. The highest BCUT2D eigenvalue weighted by Gasteiger charge is 2.16. The molecule has 0 amide bonds. The highest BCUT2D eigenvalue weighted by Crippen LogP contribution is 2.23. The normalized spacial score (nSPS) is 11.1. The van der Waals surface area contributed by atoms with Crippen molar-refractivity contribution in [1.82, 2.24) is 19.5 Å². The smallest absolute Gasteiger partial charge is 0.224 e. The van der Waals surface area contributed by atoms with Crippen LogP contribution in [0.3, 0.4) is 0 Å². The zero-order valence-corrected chi connectivity index (χ0v) is 12.1. The number of nitrogens with two attached hydrogens (primary N) is 1. The molecule has 6 nitrogen and oxygen atoms in total. The van der Waals surface area contributed by atoms with Crippen LogP contribution in [0, 0.1) is 11.6 Å². The van der Waals surface area contributed by atoms with Crippen LogP contribution in [0.5, 0.6) is 0 Å². The minimum absolute atomic E-state index is 0.0294. The van der Waals surface area contributed by atoms with Gasteiger partial charge < -0.3 is 15.2 Å². The maximum absolute atomic E-state index is 13.8. The molecule has 0 spiro atoms. The first-order chi connectivity index (χ1) is 10.5. The number of anilines is 2. The van der Waals surface area contributed by atoms with E-state index in [-0.39, 0.29) is 18.1 Å². The van der Waals surface area contributed by atoms with E-state index in [0.717, 1.165) is 0 Å². The van der Waals surface area contributed by atoms with E-state index in [2.05, 4.69) is 15.0 Å². The van der Waals surface area contributed by atoms with Crippen molar-refractivity contribution in [2.24, 2.45) is 0 Å². The molecule has 0 fully saturated rings. The van der Waals surface area contributed by atoms with Crippen LogP contribution in [0.15, 0.2) is 24.5 Å². The van der Waals surface area contributed by atoms with Gasteiger partial charge in [-0.25, -0.2) is 13.8 Å². The summed E-state index contributed by atoms with van der Waals surface area (Å²) < 4.78 is 29.1. The lowest BCUT2D eigenvalue weighted by Gasteiger charge is -2.12. The number of hydrogen-bond acceptors (Lipinski definition) is 5. The SMILES string of the molecule is CN(C)c1nc(N)nc2c1ncn2Cc1c(F)cccc1F. The third-order valence-corrected chi connectivity index (χ3v) is 3.28. The number of benzene rings is 1. The second-order valence-corrected chi connectivity index (χ2v) is 5.04. The number of hydrogen-bond donors (Lipinski definition) is 1. The maximum atomic E-state index is 13.8. The summed E-state index contributed by atoms with van der Waals surface area (Å²) >= 11 is 0. The fourth-order valence-corrected chi connectivity index (χ4v) is 2.23. The quantitative estimate of drug-likeness (QED) is 0.799. The van der Waals surface area contributed by atoms with Crippen molar-refractivity contribution in [3.8, 4) is 0 Å². The second-order valence-electron chi connectivity index (χ2n) is 5.04. The Kier molecular flexibility index (Phi) is 3.36. The molecule has 0 aliphatic heterocycles. The lowest BCUT2D eigenvalue weighted by molar-refractivity contribution is 0.546. The molecule has 0 aliphatic carbocycles. The Morgan fingerprint density at radius 1 is 1.18 bits per heavy atom. The van der Waals surface area contributed by atoms with Crippen molar-refractivity contribution >= 4 is 22.9 Å². The first kappa shape index (κ1) is 14.2. The molecule has 0 aliphatic rings. The predicted octanol–water partition coefficient (Wildman–Crippen LogP) is 1.80. The highest BCUT2D eigenvalue weighted by atomic mass is 19.1. The molecule has 1 aromatic carbocycles. The van der Waals surface area contributed by atoms with Gasteiger partial charge in [-0.15, -0.1) is 0 Å². The average Bonchev–Trinajstić information content (AvgIpc) is 2.85. The molecule has 0 saturated heterocycles. The van der Waals surface area contributed by atoms with Gasteiger partial charge in [0.15, 0.2) is 17.0 Å². The van der Waals surface area contributed by atoms with Gasteiger partial charge in [0, 0.05) is 19.7 Å². The van der Waals surface area contributed by atoms with E-state index in [1.54, 1.807) is 23.6 Å². The van der Waals surface area contributed by atoms with Crippen LogP contribution in [0.2, 0.25) is 0 Å². The van der Waals surface area contributed by atoms with E-state index in [1.807, 2.05) is 0 Å². The van der Waals surface area contributed by atoms with Gasteiger partial charge in [0.1, 0.15) is 11.6 Å². The van der Waals surface area contributed by atoms with Gasteiger partial charge in [0.05, 0.1) is 12.9 Å². The third kappa shape index (κ3) is 2.32. The first-order valence-electron chi connectivity index (χ1n) is 6.56. The largest absolute Gasteiger partial charge is 0.368 e. The molecule has 0 unspecified atom stereocenters. The molecule has 0 atom stereocenters. The summed E-state index contributed by atoms with van der Waals surface area (Å²) in [6, 6.07) is 3.75. The van der Waals surface area contributed by atoms with Crippen molar-refractivity contribution < 1.29 is 8.78 Å². The molecule has 114 valence electrons. The molecule has 2 heterocycles. The summed E-state index contributed by atoms with van der Waals surface area (Å²) in [5.41, 5.74) is 6.61. The van der Waals surface area contributed by atoms with Crippen LogP contribution in [0.25, 0.3) is 11.2 Å². The van der Waals surface area contributed by atoms with Crippen LogP contribution >= 0.6 is 0 Å². The molecule has 2 N–H and O–H groups in total. The summed E-state index contributed by atoms with van der Waals surface area (Å²) in [6.07, 6.45) is 1.47. The molecule has 22 heavy (non-hydrogen) atoms. The minimum Gasteiger partial charge on any atom is -0.368 e. The van der Waals surface area contributed by atoms with Gasteiger partial charge in [-0.1, -0.05) is 6.07 Å².